The summed E-state index contributed by atoms with van der Waals surface area (Å²) in [5.41, 5.74) is 1.96. The Labute approximate surface area is 116 Å². The molecule has 0 aliphatic rings. The number of aromatic nitrogens is 1. The van der Waals surface area contributed by atoms with Crippen LogP contribution in [0.4, 0.5) is 5.69 Å². The van der Waals surface area contributed by atoms with E-state index in [1.165, 1.54) is 4.88 Å². The van der Waals surface area contributed by atoms with E-state index in [2.05, 4.69) is 17.2 Å². The Kier molecular flexibility index (Phi) is 4.16. The summed E-state index contributed by atoms with van der Waals surface area (Å²) in [6.45, 7) is 4.58. The number of hydrogen-bond donors (Lipinski definition) is 2. The molecule has 0 aliphatic carbocycles. The van der Waals surface area contributed by atoms with Gasteiger partial charge in [-0.2, -0.15) is 0 Å². The third-order valence-corrected chi connectivity index (χ3v) is 3.93. The maximum atomic E-state index is 11.1. The van der Waals surface area contributed by atoms with E-state index < -0.39 is 5.97 Å². The maximum absolute atomic E-state index is 11.1. The van der Waals surface area contributed by atoms with Crippen LogP contribution < -0.4 is 5.32 Å². The van der Waals surface area contributed by atoms with Crippen LogP contribution in [0.5, 0.6) is 0 Å². The van der Waals surface area contributed by atoms with Gasteiger partial charge in [0.05, 0.1) is 12.1 Å². The van der Waals surface area contributed by atoms with Crippen LogP contribution in [0.2, 0.25) is 0 Å². The van der Waals surface area contributed by atoms with Gasteiger partial charge in [-0.25, -0.2) is 9.78 Å². The molecular weight excluding hydrogens is 260 g/mol. The van der Waals surface area contributed by atoms with Gasteiger partial charge in [0.25, 0.3) is 0 Å². The molecule has 0 saturated carbocycles. The molecule has 0 radical (unpaired) electrons. The van der Waals surface area contributed by atoms with E-state index in [1.807, 2.05) is 19.2 Å². The highest BCUT2D eigenvalue weighted by molar-refractivity contribution is 7.11. The van der Waals surface area contributed by atoms with Gasteiger partial charge in [-0.3, -0.25) is 0 Å². The number of rotatable bonds is 5. The van der Waals surface area contributed by atoms with Crippen LogP contribution >= 0.6 is 11.3 Å². The van der Waals surface area contributed by atoms with Crippen molar-refractivity contribution in [3.8, 4) is 0 Å². The third-order valence-electron chi connectivity index (χ3n) is 2.79. The summed E-state index contributed by atoms with van der Waals surface area (Å²) in [6, 6.07) is 5.27. The average molecular weight is 276 g/mol. The maximum Gasteiger partial charge on any atom is 0.337 e. The van der Waals surface area contributed by atoms with Crippen molar-refractivity contribution in [3.63, 3.8) is 0 Å². The largest absolute Gasteiger partial charge is 0.478 e. The first-order chi connectivity index (χ1) is 9.10. The van der Waals surface area contributed by atoms with Crippen LogP contribution in [-0.2, 0) is 13.0 Å². The molecule has 0 saturated heterocycles. The summed E-state index contributed by atoms with van der Waals surface area (Å²) in [5, 5.41) is 13.3. The van der Waals surface area contributed by atoms with Gasteiger partial charge in [0, 0.05) is 16.8 Å². The number of carboxylic acids is 1. The molecule has 1 aromatic heterocycles. The minimum atomic E-state index is -0.920. The number of benzene rings is 1. The molecule has 1 heterocycles. The molecule has 2 rings (SSSR count). The van der Waals surface area contributed by atoms with Crippen molar-refractivity contribution < 1.29 is 9.90 Å². The molecule has 0 aliphatic heterocycles. The van der Waals surface area contributed by atoms with Crippen LogP contribution in [0.15, 0.2) is 24.4 Å². The average Bonchev–Trinajstić information content (AvgIpc) is 2.84. The molecule has 0 bridgehead atoms. The lowest BCUT2D eigenvalue weighted by molar-refractivity contribution is 0.0698. The smallest absolute Gasteiger partial charge is 0.337 e. The van der Waals surface area contributed by atoms with Crippen LogP contribution in [0.25, 0.3) is 0 Å². The zero-order valence-corrected chi connectivity index (χ0v) is 11.8. The Balaban J connectivity index is 2.14. The van der Waals surface area contributed by atoms with Crippen LogP contribution in [0.1, 0.15) is 32.7 Å². The number of aryl methyl sites for hydroxylation is 2. The summed E-state index contributed by atoms with van der Waals surface area (Å²) < 4.78 is 0. The first-order valence-electron chi connectivity index (χ1n) is 6.11. The summed E-state index contributed by atoms with van der Waals surface area (Å²) in [7, 11) is 0. The van der Waals surface area contributed by atoms with Gasteiger partial charge in [-0.1, -0.05) is 13.0 Å². The Morgan fingerprint density at radius 2 is 2.26 bits per heavy atom. The van der Waals surface area contributed by atoms with Crippen LogP contribution in [0.3, 0.4) is 0 Å². The van der Waals surface area contributed by atoms with Gasteiger partial charge in [0.15, 0.2) is 0 Å². The van der Waals surface area contributed by atoms with Gasteiger partial charge < -0.3 is 10.4 Å². The van der Waals surface area contributed by atoms with Crippen molar-refractivity contribution in [1.29, 1.82) is 0 Å². The predicted octanol–water partition coefficient (Wildman–Crippen LogP) is 3.32. The van der Waals surface area contributed by atoms with Gasteiger partial charge in [-0.05, 0) is 31.0 Å². The van der Waals surface area contributed by atoms with E-state index in [0.29, 0.717) is 12.2 Å². The lowest BCUT2D eigenvalue weighted by Gasteiger charge is -2.09. The van der Waals surface area contributed by atoms with Crippen molar-refractivity contribution in [2.75, 3.05) is 5.32 Å². The molecule has 4 nitrogen and oxygen atoms in total. The highest BCUT2D eigenvalue weighted by Gasteiger charge is 2.10. The minimum Gasteiger partial charge on any atom is -0.478 e. The van der Waals surface area contributed by atoms with Crippen molar-refractivity contribution in [2.24, 2.45) is 0 Å². The third kappa shape index (κ3) is 3.32. The Morgan fingerprint density at radius 3 is 2.89 bits per heavy atom. The Morgan fingerprint density at radius 1 is 1.47 bits per heavy atom. The molecular formula is C14H16N2O2S. The number of carboxylic acid groups (broad SMARTS) is 1. The lowest BCUT2D eigenvalue weighted by Crippen LogP contribution is -2.06. The number of carbonyl (C=O) groups is 1. The lowest BCUT2D eigenvalue weighted by atomic mass is 10.1. The fraction of sp³-hybridized carbons (Fsp3) is 0.286. The van der Waals surface area contributed by atoms with Gasteiger partial charge in [0.2, 0.25) is 0 Å². The molecule has 5 heteroatoms. The van der Waals surface area contributed by atoms with Crippen molar-refractivity contribution in [3.05, 3.63) is 45.4 Å². The quantitative estimate of drug-likeness (QED) is 0.879. The second-order valence-corrected chi connectivity index (χ2v) is 5.48. The molecule has 0 fully saturated rings. The molecule has 19 heavy (non-hydrogen) atoms. The predicted molar refractivity (Wildman–Crippen MR) is 77.0 cm³/mol. The molecule has 100 valence electrons. The monoisotopic (exact) mass is 276 g/mol. The van der Waals surface area contributed by atoms with Gasteiger partial charge in [-0.15, -0.1) is 11.3 Å². The Bertz CT molecular complexity index is 593. The highest BCUT2D eigenvalue weighted by atomic mass is 32.1. The van der Waals surface area contributed by atoms with E-state index in [4.69, 9.17) is 5.11 Å². The number of hydrogen-bond acceptors (Lipinski definition) is 4. The summed E-state index contributed by atoms with van der Waals surface area (Å²) >= 11 is 1.65. The standard InChI is InChI=1S/C14H16N2O2S/c1-3-10-7-16-13(19-10)8-15-12-6-9(2)4-5-11(12)14(17)18/h4-7,15H,3,8H2,1-2H3,(H,17,18). The number of anilines is 1. The second-order valence-electron chi connectivity index (χ2n) is 4.28. The highest BCUT2D eigenvalue weighted by Crippen LogP contribution is 2.20. The van der Waals surface area contributed by atoms with Crippen LogP contribution in [-0.4, -0.2) is 16.1 Å². The normalized spacial score (nSPS) is 10.4. The summed E-state index contributed by atoms with van der Waals surface area (Å²) in [6.07, 6.45) is 2.85. The summed E-state index contributed by atoms with van der Waals surface area (Å²) in [5.74, 6) is -0.920. The van der Waals surface area contributed by atoms with E-state index in [0.717, 1.165) is 17.0 Å². The van der Waals surface area contributed by atoms with Crippen molar-refractivity contribution in [1.82, 2.24) is 4.98 Å². The number of nitrogens with one attached hydrogen (secondary N) is 1. The molecule has 1 aromatic carbocycles. The zero-order valence-electron chi connectivity index (χ0n) is 10.9. The number of aromatic carboxylic acids is 1. The molecule has 0 unspecified atom stereocenters. The van der Waals surface area contributed by atoms with E-state index in [-0.39, 0.29) is 5.56 Å². The first-order valence-corrected chi connectivity index (χ1v) is 6.93. The van der Waals surface area contributed by atoms with Crippen LogP contribution in [0, 0.1) is 6.92 Å². The fourth-order valence-electron chi connectivity index (χ4n) is 1.75. The molecule has 2 N–H and O–H groups in total. The zero-order chi connectivity index (χ0) is 13.8. The first kappa shape index (κ1) is 13.5. The van der Waals surface area contributed by atoms with Crippen molar-refractivity contribution in [2.45, 2.75) is 26.8 Å². The second kappa shape index (κ2) is 5.84. The molecule has 0 atom stereocenters. The topological polar surface area (TPSA) is 62.2 Å². The summed E-state index contributed by atoms with van der Waals surface area (Å²) in [4.78, 5) is 16.7. The van der Waals surface area contributed by atoms with Crippen molar-refractivity contribution >= 4 is 23.0 Å². The number of nitrogens with zero attached hydrogens (tertiary/aromatic N) is 1. The molecule has 2 aromatic rings. The van der Waals surface area contributed by atoms with Gasteiger partial charge >= 0.3 is 5.97 Å². The Hall–Kier alpha value is -1.88. The minimum absolute atomic E-state index is 0.290. The van der Waals surface area contributed by atoms with E-state index in [9.17, 15) is 4.79 Å². The van der Waals surface area contributed by atoms with E-state index in [1.54, 1.807) is 23.5 Å². The fourth-order valence-corrected chi connectivity index (χ4v) is 2.56. The molecule has 0 spiro atoms. The van der Waals surface area contributed by atoms with E-state index >= 15 is 0 Å². The SMILES string of the molecule is CCc1cnc(CNc2cc(C)ccc2C(=O)O)s1. The van der Waals surface area contributed by atoms with Gasteiger partial charge in [0.1, 0.15) is 5.01 Å². The number of thiazole rings is 1. The molecule has 0 amide bonds.